The van der Waals surface area contributed by atoms with Crippen LogP contribution >= 0.6 is 0 Å². The Morgan fingerprint density at radius 3 is 2.28 bits per heavy atom. The number of likely N-dealkylation sites (tertiary alicyclic amines) is 1. The number of anilines is 1. The van der Waals surface area contributed by atoms with Crippen molar-refractivity contribution < 1.29 is 22.7 Å². The largest absolute Gasteiger partial charge is 0.450 e. The molecule has 2 aliphatic rings. The molecule has 2 aromatic carbocycles. The van der Waals surface area contributed by atoms with Gasteiger partial charge in [-0.05, 0) is 50.1 Å². The van der Waals surface area contributed by atoms with Gasteiger partial charge in [-0.15, -0.1) is 0 Å². The Kier molecular flexibility index (Phi) is 7.85. The summed E-state index contributed by atoms with van der Waals surface area (Å²) in [6, 6.07) is 14.2. The number of nitrogens with one attached hydrogen (secondary N) is 1. The standard InChI is InChI=1S/C26H34N4O5S/c1-4-29(5-2)36(33,34)21-13-11-19(12-14-21)27-24-22-9-7-8-10-23(22)25(31)30(24)20-15-17-28(18-16-20)26(32)35-6-3/h7-14,20,24,27H,4-6,15-18H2,1-3H3/t24-/m1/s1. The zero-order chi connectivity index (χ0) is 25.9. The number of amides is 2. The summed E-state index contributed by atoms with van der Waals surface area (Å²) in [6.45, 7) is 7.61. The molecule has 36 heavy (non-hydrogen) atoms. The van der Waals surface area contributed by atoms with E-state index in [1.165, 1.54) is 4.31 Å². The van der Waals surface area contributed by atoms with Gasteiger partial charge in [-0.25, -0.2) is 13.2 Å². The van der Waals surface area contributed by atoms with Crippen LogP contribution in [0, 0.1) is 0 Å². The predicted molar refractivity (Wildman–Crippen MR) is 137 cm³/mol. The molecule has 2 aromatic rings. The minimum absolute atomic E-state index is 0.0431. The minimum Gasteiger partial charge on any atom is -0.450 e. The number of hydrogen-bond acceptors (Lipinski definition) is 6. The summed E-state index contributed by atoms with van der Waals surface area (Å²) >= 11 is 0. The summed E-state index contributed by atoms with van der Waals surface area (Å²) in [5.74, 6) is -0.0431. The summed E-state index contributed by atoms with van der Waals surface area (Å²) in [6.07, 6.45) is 0.592. The molecule has 194 valence electrons. The SMILES string of the molecule is CCOC(=O)N1CCC(N2C(=O)c3ccccc3[C@@H]2Nc2ccc(S(=O)(=O)N(CC)CC)cc2)CC1. The first-order chi connectivity index (χ1) is 17.3. The van der Waals surface area contributed by atoms with E-state index >= 15 is 0 Å². The monoisotopic (exact) mass is 514 g/mol. The molecule has 0 radical (unpaired) electrons. The molecule has 2 heterocycles. The molecular formula is C26H34N4O5S. The van der Waals surface area contributed by atoms with Gasteiger partial charge in [0.15, 0.2) is 0 Å². The number of piperidine rings is 1. The number of hydrogen-bond donors (Lipinski definition) is 1. The summed E-state index contributed by atoms with van der Waals surface area (Å²) in [5.41, 5.74) is 2.26. The molecule has 1 N–H and O–H groups in total. The van der Waals surface area contributed by atoms with E-state index in [1.807, 2.05) is 43.0 Å². The molecule has 2 amide bonds. The van der Waals surface area contributed by atoms with E-state index in [9.17, 15) is 18.0 Å². The van der Waals surface area contributed by atoms with Crippen molar-refractivity contribution in [3.63, 3.8) is 0 Å². The lowest BCUT2D eigenvalue weighted by molar-refractivity contribution is 0.0496. The molecule has 0 unspecified atom stereocenters. The van der Waals surface area contributed by atoms with Crippen LogP contribution in [0.2, 0.25) is 0 Å². The third-order valence-corrected chi connectivity index (χ3v) is 8.95. The molecule has 0 bridgehead atoms. The highest BCUT2D eigenvalue weighted by Gasteiger charge is 2.42. The van der Waals surface area contributed by atoms with Gasteiger partial charge in [-0.3, -0.25) is 4.79 Å². The van der Waals surface area contributed by atoms with Gasteiger partial charge in [0.2, 0.25) is 10.0 Å². The Balaban J connectivity index is 1.55. The summed E-state index contributed by atoms with van der Waals surface area (Å²) in [4.78, 5) is 29.3. The molecule has 2 aliphatic heterocycles. The Hall–Kier alpha value is -3.11. The molecule has 1 atom stereocenters. The van der Waals surface area contributed by atoms with Crippen LogP contribution in [0.4, 0.5) is 10.5 Å². The highest BCUT2D eigenvalue weighted by Crippen LogP contribution is 2.38. The van der Waals surface area contributed by atoms with Gasteiger partial charge >= 0.3 is 6.09 Å². The van der Waals surface area contributed by atoms with Crippen molar-refractivity contribution in [2.45, 2.75) is 50.7 Å². The maximum atomic E-state index is 13.4. The van der Waals surface area contributed by atoms with Crippen LogP contribution in [0.25, 0.3) is 0 Å². The fraction of sp³-hybridized carbons (Fsp3) is 0.462. The van der Waals surface area contributed by atoms with Crippen molar-refractivity contribution in [3.05, 3.63) is 59.7 Å². The van der Waals surface area contributed by atoms with Gasteiger partial charge in [-0.1, -0.05) is 32.0 Å². The summed E-state index contributed by atoms with van der Waals surface area (Å²) in [7, 11) is -3.55. The van der Waals surface area contributed by atoms with Crippen molar-refractivity contribution >= 4 is 27.7 Å². The average molecular weight is 515 g/mol. The molecule has 1 fully saturated rings. The van der Waals surface area contributed by atoms with E-state index < -0.39 is 16.2 Å². The van der Waals surface area contributed by atoms with Crippen molar-refractivity contribution in [2.24, 2.45) is 0 Å². The number of benzene rings is 2. The van der Waals surface area contributed by atoms with Gasteiger partial charge in [0.1, 0.15) is 6.17 Å². The first kappa shape index (κ1) is 26.0. The Bertz CT molecular complexity index is 1190. The average Bonchev–Trinajstić information content (AvgIpc) is 3.16. The lowest BCUT2D eigenvalue weighted by Gasteiger charge is -2.39. The highest BCUT2D eigenvalue weighted by atomic mass is 32.2. The number of fused-ring (bicyclic) bond motifs is 1. The third-order valence-electron chi connectivity index (χ3n) is 6.88. The molecule has 1 saturated heterocycles. The number of carbonyl (C=O) groups excluding carboxylic acids is 2. The molecule has 0 saturated carbocycles. The molecule has 0 aliphatic carbocycles. The topological polar surface area (TPSA) is 99.3 Å². The second-order valence-corrected chi connectivity index (χ2v) is 10.8. The van der Waals surface area contributed by atoms with E-state index in [0.29, 0.717) is 51.2 Å². The zero-order valence-corrected chi connectivity index (χ0v) is 21.8. The number of nitrogens with zero attached hydrogens (tertiary/aromatic N) is 3. The van der Waals surface area contributed by atoms with E-state index in [1.54, 1.807) is 36.1 Å². The van der Waals surface area contributed by atoms with E-state index in [2.05, 4.69) is 5.32 Å². The molecule has 9 nitrogen and oxygen atoms in total. The van der Waals surface area contributed by atoms with Gasteiger partial charge in [0.25, 0.3) is 5.91 Å². The highest BCUT2D eigenvalue weighted by molar-refractivity contribution is 7.89. The van der Waals surface area contributed by atoms with Gasteiger partial charge in [0.05, 0.1) is 11.5 Å². The maximum absolute atomic E-state index is 13.4. The van der Waals surface area contributed by atoms with Crippen LogP contribution in [0.3, 0.4) is 0 Å². The molecule has 0 aromatic heterocycles. The predicted octanol–water partition coefficient (Wildman–Crippen LogP) is 3.90. The molecule has 4 rings (SSSR count). The van der Waals surface area contributed by atoms with Crippen LogP contribution < -0.4 is 5.32 Å². The smallest absolute Gasteiger partial charge is 0.409 e. The lowest BCUT2D eigenvalue weighted by Crippen LogP contribution is -2.49. The molecular weight excluding hydrogens is 480 g/mol. The fourth-order valence-electron chi connectivity index (χ4n) is 5.00. The first-order valence-corrected chi connectivity index (χ1v) is 14.0. The molecule has 0 spiro atoms. The number of rotatable bonds is 8. The van der Waals surface area contributed by atoms with Crippen molar-refractivity contribution in [3.8, 4) is 0 Å². The number of carbonyl (C=O) groups is 2. The second kappa shape index (κ2) is 10.9. The normalized spacial score (nSPS) is 18.4. The second-order valence-electron chi connectivity index (χ2n) is 8.88. The Morgan fingerprint density at radius 2 is 1.67 bits per heavy atom. The zero-order valence-electron chi connectivity index (χ0n) is 21.0. The van der Waals surface area contributed by atoms with Crippen molar-refractivity contribution in [1.29, 1.82) is 0 Å². The summed E-state index contributed by atoms with van der Waals surface area (Å²) < 4.78 is 32.2. The van der Waals surface area contributed by atoms with Crippen LogP contribution in [0.1, 0.15) is 55.7 Å². The summed E-state index contributed by atoms with van der Waals surface area (Å²) in [5, 5.41) is 3.46. The van der Waals surface area contributed by atoms with Crippen LogP contribution in [0.15, 0.2) is 53.4 Å². The minimum atomic E-state index is -3.55. The Labute approximate surface area is 213 Å². The fourth-order valence-corrected chi connectivity index (χ4v) is 6.45. The quantitative estimate of drug-likeness (QED) is 0.574. The van der Waals surface area contributed by atoms with Crippen molar-refractivity contribution in [2.75, 3.05) is 38.1 Å². The van der Waals surface area contributed by atoms with E-state index in [0.717, 1.165) is 11.3 Å². The first-order valence-electron chi connectivity index (χ1n) is 12.5. The van der Waals surface area contributed by atoms with Crippen LogP contribution in [-0.4, -0.2) is 73.4 Å². The van der Waals surface area contributed by atoms with Gasteiger partial charge < -0.3 is 19.9 Å². The van der Waals surface area contributed by atoms with Gasteiger partial charge in [0, 0.05) is 49.0 Å². The third kappa shape index (κ3) is 4.92. The number of ether oxygens (including phenoxy) is 1. The molecule has 10 heteroatoms. The van der Waals surface area contributed by atoms with Crippen LogP contribution in [-0.2, 0) is 14.8 Å². The van der Waals surface area contributed by atoms with E-state index in [-0.39, 0.29) is 22.9 Å². The number of sulfonamides is 1. The lowest BCUT2D eigenvalue weighted by atomic mass is 10.0. The Morgan fingerprint density at radius 1 is 1.03 bits per heavy atom. The van der Waals surface area contributed by atoms with Gasteiger partial charge in [-0.2, -0.15) is 4.31 Å². The van der Waals surface area contributed by atoms with Crippen molar-refractivity contribution in [1.82, 2.24) is 14.1 Å². The van der Waals surface area contributed by atoms with Crippen LogP contribution in [0.5, 0.6) is 0 Å². The van der Waals surface area contributed by atoms with E-state index in [4.69, 9.17) is 4.74 Å². The maximum Gasteiger partial charge on any atom is 0.409 e.